The van der Waals surface area contributed by atoms with Crippen LogP contribution in [0, 0.1) is 0 Å². The van der Waals surface area contributed by atoms with E-state index >= 15 is 0 Å². The van der Waals surface area contributed by atoms with Gasteiger partial charge < -0.3 is 20.7 Å². The second-order valence-corrected chi connectivity index (χ2v) is 5.99. The molecule has 0 atom stereocenters. The van der Waals surface area contributed by atoms with Crippen molar-refractivity contribution < 1.29 is 13.5 Å². The van der Waals surface area contributed by atoms with Crippen LogP contribution in [0.2, 0.25) is 0 Å². The molecule has 3 N–H and O–H groups in total. The normalized spacial score (nSPS) is 11.7. The number of fused-ring (bicyclic) bond motifs is 1. The fourth-order valence-electron chi connectivity index (χ4n) is 2.73. The molecule has 0 radical (unpaired) electrons. The second-order valence-electron chi connectivity index (χ2n) is 5.99. The van der Waals surface area contributed by atoms with E-state index in [1.165, 1.54) is 12.4 Å². The number of halogens is 2. The molecule has 3 aromatic rings. The van der Waals surface area contributed by atoms with Gasteiger partial charge in [-0.05, 0) is 6.07 Å². The Hall–Kier alpha value is -3.50. The number of alkyl halides is 2. The fraction of sp³-hybridized carbons (Fsp3) is 0.333. The van der Waals surface area contributed by atoms with Crippen LogP contribution in [0.25, 0.3) is 11.0 Å². The Morgan fingerprint density at radius 1 is 1.21 bits per heavy atom. The number of hydrogen-bond acceptors (Lipinski definition) is 6. The number of aromatic nitrogens is 4. The summed E-state index contributed by atoms with van der Waals surface area (Å²) in [6, 6.07) is 6.63. The molecule has 1 aromatic carbocycles. The number of anilines is 1. The predicted octanol–water partition coefficient (Wildman–Crippen LogP) is 1.74. The van der Waals surface area contributed by atoms with E-state index in [0.717, 1.165) is 11.0 Å². The highest BCUT2D eigenvalue weighted by atomic mass is 19.3. The van der Waals surface area contributed by atoms with Gasteiger partial charge in [0.1, 0.15) is 17.9 Å². The molecule has 2 heterocycles. The highest BCUT2D eigenvalue weighted by Gasteiger charge is 2.10. The van der Waals surface area contributed by atoms with Gasteiger partial charge in [-0.25, -0.2) is 9.97 Å². The summed E-state index contributed by atoms with van der Waals surface area (Å²) in [6.07, 6.45) is 3.20. The van der Waals surface area contributed by atoms with Gasteiger partial charge in [0, 0.05) is 39.3 Å². The molecular weight excluding hydrogens is 382 g/mol. The van der Waals surface area contributed by atoms with Crippen molar-refractivity contribution in [3.8, 4) is 5.75 Å². The van der Waals surface area contributed by atoms with E-state index in [0.29, 0.717) is 30.4 Å². The van der Waals surface area contributed by atoms with Crippen molar-refractivity contribution in [2.45, 2.75) is 13.2 Å². The fourth-order valence-corrected chi connectivity index (χ4v) is 2.73. The van der Waals surface area contributed by atoms with E-state index in [1.807, 2.05) is 7.05 Å². The molecule has 11 heteroatoms. The van der Waals surface area contributed by atoms with Gasteiger partial charge in [-0.1, -0.05) is 18.2 Å². The zero-order valence-electron chi connectivity index (χ0n) is 16.1. The number of ether oxygens (including phenoxy) is 1. The molecule has 3 rings (SSSR count). The van der Waals surface area contributed by atoms with Crippen LogP contribution in [0.5, 0.6) is 5.75 Å². The number of rotatable bonds is 8. The zero-order valence-corrected chi connectivity index (χ0v) is 16.1. The molecule has 0 bridgehead atoms. The van der Waals surface area contributed by atoms with Crippen LogP contribution < -0.4 is 20.7 Å². The monoisotopic (exact) mass is 404 g/mol. The Morgan fingerprint density at radius 3 is 2.83 bits per heavy atom. The Kier molecular flexibility index (Phi) is 6.72. The Bertz CT molecular complexity index is 975. The van der Waals surface area contributed by atoms with Gasteiger partial charge in [-0.3, -0.25) is 9.67 Å². The SMILES string of the molecule is CN=C(NCCNc1ncnc2c1cnn2C)NCc1ccccc1OC(F)F. The molecule has 0 spiro atoms. The van der Waals surface area contributed by atoms with Crippen LogP contribution in [0.1, 0.15) is 5.56 Å². The third-order valence-electron chi connectivity index (χ3n) is 4.10. The maximum atomic E-state index is 12.5. The van der Waals surface area contributed by atoms with E-state index < -0.39 is 6.61 Å². The van der Waals surface area contributed by atoms with Crippen molar-refractivity contribution in [1.82, 2.24) is 30.4 Å². The van der Waals surface area contributed by atoms with Crippen LogP contribution in [-0.2, 0) is 13.6 Å². The number of guanidine groups is 1. The second kappa shape index (κ2) is 9.62. The van der Waals surface area contributed by atoms with Crippen LogP contribution >= 0.6 is 0 Å². The molecule has 0 unspecified atom stereocenters. The molecule has 0 aliphatic carbocycles. The van der Waals surface area contributed by atoms with Gasteiger partial charge in [0.15, 0.2) is 11.6 Å². The van der Waals surface area contributed by atoms with Gasteiger partial charge >= 0.3 is 6.61 Å². The first-order valence-corrected chi connectivity index (χ1v) is 8.92. The Balaban J connectivity index is 1.49. The lowest BCUT2D eigenvalue weighted by atomic mass is 10.2. The molecule has 29 heavy (non-hydrogen) atoms. The van der Waals surface area contributed by atoms with Crippen LogP contribution in [-0.4, -0.2) is 52.5 Å². The standard InChI is InChI=1S/C18H22F2N8O/c1-21-18(24-9-12-5-3-4-6-14(12)29-17(19)20)23-8-7-22-15-13-10-27-28(2)16(13)26-11-25-15/h3-6,10-11,17H,7-9H2,1-2H3,(H2,21,23,24)(H,22,25,26). The van der Waals surface area contributed by atoms with Gasteiger partial charge in [0.2, 0.25) is 0 Å². The number of hydrogen-bond donors (Lipinski definition) is 3. The topological polar surface area (TPSA) is 101 Å². The minimum absolute atomic E-state index is 0.136. The summed E-state index contributed by atoms with van der Waals surface area (Å²) in [5.74, 6) is 1.37. The number of benzene rings is 1. The zero-order chi connectivity index (χ0) is 20.6. The Labute approximate surface area is 166 Å². The molecular formula is C18H22F2N8O. The van der Waals surface area contributed by atoms with Gasteiger partial charge in [-0.15, -0.1) is 0 Å². The summed E-state index contributed by atoms with van der Waals surface area (Å²) < 4.78 is 31.2. The molecule has 2 aromatic heterocycles. The lowest BCUT2D eigenvalue weighted by Crippen LogP contribution is -2.39. The molecule has 154 valence electrons. The largest absolute Gasteiger partial charge is 0.434 e. The summed E-state index contributed by atoms with van der Waals surface area (Å²) in [6.45, 7) is -1.45. The van der Waals surface area contributed by atoms with E-state index in [9.17, 15) is 8.78 Å². The lowest BCUT2D eigenvalue weighted by molar-refractivity contribution is -0.0504. The Morgan fingerprint density at radius 2 is 2.03 bits per heavy atom. The van der Waals surface area contributed by atoms with Crippen LogP contribution in [0.4, 0.5) is 14.6 Å². The molecule has 0 amide bonds. The van der Waals surface area contributed by atoms with Crippen molar-refractivity contribution in [3.05, 3.63) is 42.4 Å². The molecule has 9 nitrogen and oxygen atoms in total. The third kappa shape index (κ3) is 5.27. The maximum Gasteiger partial charge on any atom is 0.387 e. The average molecular weight is 404 g/mol. The van der Waals surface area contributed by atoms with Crippen LogP contribution in [0.15, 0.2) is 41.8 Å². The highest BCUT2D eigenvalue weighted by Crippen LogP contribution is 2.20. The lowest BCUT2D eigenvalue weighted by Gasteiger charge is -2.15. The van der Waals surface area contributed by atoms with E-state index in [1.54, 1.807) is 36.1 Å². The van der Waals surface area contributed by atoms with Gasteiger partial charge in [0.05, 0.1) is 11.6 Å². The summed E-state index contributed by atoms with van der Waals surface area (Å²) in [7, 11) is 3.45. The summed E-state index contributed by atoms with van der Waals surface area (Å²) in [5, 5.41) is 14.5. The number of aliphatic imine (C=N–C) groups is 1. The van der Waals surface area contributed by atoms with Crippen molar-refractivity contribution in [1.29, 1.82) is 0 Å². The van der Waals surface area contributed by atoms with Crippen molar-refractivity contribution in [2.24, 2.45) is 12.0 Å². The molecule has 0 aliphatic heterocycles. The highest BCUT2D eigenvalue weighted by molar-refractivity contribution is 5.86. The first kappa shape index (κ1) is 20.2. The summed E-state index contributed by atoms with van der Waals surface area (Å²) >= 11 is 0. The van der Waals surface area contributed by atoms with Gasteiger partial charge in [-0.2, -0.15) is 13.9 Å². The predicted molar refractivity (Wildman–Crippen MR) is 106 cm³/mol. The quantitative estimate of drug-likeness (QED) is 0.299. The van der Waals surface area contributed by atoms with Crippen molar-refractivity contribution in [2.75, 3.05) is 25.5 Å². The molecule has 0 fully saturated rings. The number of nitrogens with zero attached hydrogens (tertiary/aromatic N) is 5. The average Bonchev–Trinajstić information content (AvgIpc) is 3.10. The molecule has 0 saturated carbocycles. The molecule has 0 saturated heterocycles. The summed E-state index contributed by atoms with van der Waals surface area (Å²) in [5.41, 5.74) is 1.35. The smallest absolute Gasteiger partial charge is 0.387 e. The minimum Gasteiger partial charge on any atom is -0.434 e. The van der Waals surface area contributed by atoms with Crippen molar-refractivity contribution in [3.63, 3.8) is 0 Å². The van der Waals surface area contributed by atoms with E-state index in [4.69, 9.17) is 0 Å². The summed E-state index contributed by atoms with van der Waals surface area (Å²) in [4.78, 5) is 12.6. The number of aryl methyl sites for hydroxylation is 1. The maximum absolute atomic E-state index is 12.5. The third-order valence-corrected chi connectivity index (χ3v) is 4.10. The number of para-hydroxylation sites is 1. The van der Waals surface area contributed by atoms with Crippen molar-refractivity contribution >= 4 is 22.8 Å². The van der Waals surface area contributed by atoms with E-state index in [2.05, 4.69) is 40.7 Å². The van der Waals surface area contributed by atoms with Crippen LogP contribution in [0.3, 0.4) is 0 Å². The minimum atomic E-state index is -2.87. The van der Waals surface area contributed by atoms with Gasteiger partial charge in [0.25, 0.3) is 0 Å². The first-order valence-electron chi connectivity index (χ1n) is 8.92. The number of nitrogens with one attached hydrogen (secondary N) is 3. The first-order chi connectivity index (χ1) is 14.1. The van der Waals surface area contributed by atoms with E-state index in [-0.39, 0.29) is 12.3 Å². The molecule has 0 aliphatic rings.